The van der Waals surface area contributed by atoms with E-state index in [4.69, 9.17) is 27.9 Å². The highest BCUT2D eigenvalue weighted by atomic mass is 35.5. The summed E-state index contributed by atoms with van der Waals surface area (Å²) in [5.74, 6) is -0.0954. The number of carbonyl (C=O) groups excluding carboxylic acids is 2. The molecule has 8 heteroatoms. The molecule has 1 fully saturated rings. The molecule has 0 aliphatic carbocycles. The minimum atomic E-state index is -0.386. The molecule has 3 aromatic carbocycles. The highest BCUT2D eigenvalue weighted by molar-refractivity contribution is 8.18. The van der Waals surface area contributed by atoms with Crippen LogP contribution in [0.3, 0.4) is 0 Å². The van der Waals surface area contributed by atoms with Gasteiger partial charge in [-0.15, -0.1) is 0 Å². The molecule has 4 rings (SSSR count). The molecule has 0 radical (unpaired) electrons. The summed E-state index contributed by atoms with van der Waals surface area (Å²) in [5, 5.41) is 0.511. The molecule has 0 aromatic heterocycles. The zero-order valence-corrected chi connectivity index (χ0v) is 18.9. The normalized spacial score (nSPS) is 15.0. The molecule has 0 atom stereocenters. The minimum Gasteiger partial charge on any atom is -0.489 e. The van der Waals surface area contributed by atoms with Gasteiger partial charge in [0.1, 0.15) is 18.2 Å². The fraction of sp³-hybridized carbons (Fsp3) is 0.0833. The summed E-state index contributed by atoms with van der Waals surface area (Å²) in [6.45, 7) is 0.348. The van der Waals surface area contributed by atoms with Crippen molar-refractivity contribution in [2.75, 3.05) is 0 Å². The molecule has 2 amide bonds. The number of hydrogen-bond donors (Lipinski definition) is 0. The lowest BCUT2D eigenvalue weighted by molar-refractivity contribution is -0.123. The lowest BCUT2D eigenvalue weighted by Gasteiger charge is -2.13. The van der Waals surface area contributed by atoms with Crippen LogP contribution in [0.15, 0.2) is 71.6 Å². The zero-order valence-electron chi connectivity index (χ0n) is 16.6. The molecular formula is C24H16Cl2FNO3S. The standard InChI is InChI=1S/C24H16Cl2FNO3S/c25-18-7-6-17(21(26)12-18)13-28-23(29)22(32-24(28)30)11-16-2-1-3-20(10-16)31-14-15-4-8-19(27)9-5-15/h1-12H,13-14H2/b22-11-. The highest BCUT2D eigenvalue weighted by Crippen LogP contribution is 2.35. The van der Waals surface area contributed by atoms with Crippen LogP contribution < -0.4 is 4.74 Å². The van der Waals surface area contributed by atoms with Crippen LogP contribution in [0, 0.1) is 5.82 Å². The molecule has 0 unspecified atom stereocenters. The Balaban J connectivity index is 1.46. The summed E-state index contributed by atoms with van der Waals surface area (Å²) in [6.07, 6.45) is 1.65. The van der Waals surface area contributed by atoms with Crippen molar-refractivity contribution in [3.8, 4) is 5.75 Å². The van der Waals surface area contributed by atoms with Crippen molar-refractivity contribution in [1.82, 2.24) is 4.90 Å². The Labute approximate surface area is 198 Å². The third kappa shape index (κ3) is 5.33. The summed E-state index contributed by atoms with van der Waals surface area (Å²) in [4.78, 5) is 26.7. The predicted octanol–water partition coefficient (Wildman–Crippen LogP) is 6.95. The summed E-state index contributed by atoms with van der Waals surface area (Å²) in [5.41, 5.74) is 2.19. The fourth-order valence-electron chi connectivity index (χ4n) is 3.05. The molecule has 0 saturated carbocycles. The highest BCUT2D eigenvalue weighted by Gasteiger charge is 2.35. The van der Waals surface area contributed by atoms with E-state index in [1.165, 1.54) is 12.1 Å². The van der Waals surface area contributed by atoms with Crippen molar-refractivity contribution < 1.29 is 18.7 Å². The van der Waals surface area contributed by atoms with Crippen molar-refractivity contribution in [1.29, 1.82) is 0 Å². The van der Waals surface area contributed by atoms with Gasteiger partial charge in [0.15, 0.2) is 0 Å². The topological polar surface area (TPSA) is 46.6 Å². The van der Waals surface area contributed by atoms with Crippen molar-refractivity contribution in [3.05, 3.63) is 104 Å². The second kappa shape index (κ2) is 9.77. The third-order valence-corrected chi connectivity index (χ3v) is 6.19. The smallest absolute Gasteiger partial charge is 0.293 e. The maximum Gasteiger partial charge on any atom is 0.293 e. The number of nitrogens with zero attached hydrogens (tertiary/aromatic N) is 1. The van der Waals surface area contributed by atoms with Gasteiger partial charge in [0.25, 0.3) is 11.1 Å². The summed E-state index contributed by atoms with van der Waals surface area (Å²) in [6, 6.07) is 18.2. The molecule has 1 heterocycles. The summed E-state index contributed by atoms with van der Waals surface area (Å²) >= 11 is 13.0. The maximum atomic E-state index is 13.0. The predicted molar refractivity (Wildman–Crippen MR) is 125 cm³/mol. The van der Waals surface area contributed by atoms with Gasteiger partial charge in [-0.05, 0) is 70.9 Å². The van der Waals surface area contributed by atoms with E-state index >= 15 is 0 Å². The first-order valence-electron chi connectivity index (χ1n) is 9.55. The maximum absolute atomic E-state index is 13.0. The fourth-order valence-corrected chi connectivity index (χ4v) is 4.36. The number of amides is 2. The van der Waals surface area contributed by atoms with Crippen LogP contribution in [-0.4, -0.2) is 16.0 Å². The van der Waals surface area contributed by atoms with Crippen LogP contribution in [-0.2, 0) is 17.9 Å². The first-order valence-corrected chi connectivity index (χ1v) is 11.1. The molecule has 0 spiro atoms. The lowest BCUT2D eigenvalue weighted by Crippen LogP contribution is -2.27. The summed E-state index contributed by atoms with van der Waals surface area (Å²) in [7, 11) is 0. The Kier molecular flexibility index (Phi) is 6.84. The minimum absolute atomic E-state index is 0.0683. The van der Waals surface area contributed by atoms with Crippen LogP contribution in [0.25, 0.3) is 6.08 Å². The molecule has 0 N–H and O–H groups in total. The Morgan fingerprint density at radius 3 is 2.53 bits per heavy atom. The van der Waals surface area contributed by atoms with Gasteiger partial charge in [-0.3, -0.25) is 14.5 Å². The van der Waals surface area contributed by atoms with E-state index in [-0.39, 0.29) is 30.1 Å². The number of benzene rings is 3. The second-order valence-electron chi connectivity index (χ2n) is 6.99. The van der Waals surface area contributed by atoms with Crippen LogP contribution in [0.5, 0.6) is 5.75 Å². The molecule has 1 saturated heterocycles. The van der Waals surface area contributed by atoms with E-state index in [2.05, 4.69) is 0 Å². The van der Waals surface area contributed by atoms with Gasteiger partial charge >= 0.3 is 0 Å². The Bertz CT molecular complexity index is 1210. The number of carbonyl (C=O) groups is 2. The largest absolute Gasteiger partial charge is 0.489 e. The van der Waals surface area contributed by atoms with Crippen molar-refractivity contribution in [2.45, 2.75) is 13.2 Å². The van der Waals surface area contributed by atoms with Crippen molar-refractivity contribution in [2.24, 2.45) is 0 Å². The van der Waals surface area contributed by atoms with E-state index in [1.54, 1.807) is 54.6 Å². The van der Waals surface area contributed by atoms with E-state index in [1.807, 2.05) is 6.07 Å². The quantitative estimate of drug-likeness (QED) is 0.353. The van der Waals surface area contributed by atoms with Gasteiger partial charge in [0.05, 0.1) is 11.4 Å². The SMILES string of the molecule is O=C1S/C(=C\c2cccc(OCc3ccc(F)cc3)c2)C(=O)N1Cc1ccc(Cl)cc1Cl. The van der Waals surface area contributed by atoms with Crippen LogP contribution >= 0.6 is 35.0 Å². The lowest BCUT2D eigenvalue weighted by atomic mass is 10.2. The number of halogens is 3. The molecule has 32 heavy (non-hydrogen) atoms. The van der Waals surface area contributed by atoms with Gasteiger partial charge in [-0.25, -0.2) is 4.39 Å². The molecule has 1 aliphatic heterocycles. The zero-order chi connectivity index (χ0) is 22.7. The third-order valence-electron chi connectivity index (χ3n) is 4.69. The number of rotatable bonds is 6. The molecule has 3 aromatic rings. The summed E-state index contributed by atoms with van der Waals surface area (Å²) < 4.78 is 18.8. The van der Waals surface area contributed by atoms with Crippen LogP contribution in [0.1, 0.15) is 16.7 Å². The van der Waals surface area contributed by atoms with Gasteiger partial charge in [0, 0.05) is 10.0 Å². The number of thioether (sulfide) groups is 1. The Hall–Kier alpha value is -2.80. The second-order valence-corrected chi connectivity index (χ2v) is 8.83. The van der Waals surface area contributed by atoms with E-state index in [9.17, 15) is 14.0 Å². The van der Waals surface area contributed by atoms with E-state index < -0.39 is 0 Å². The number of hydrogen-bond acceptors (Lipinski definition) is 4. The first kappa shape index (κ1) is 22.4. The first-order chi connectivity index (χ1) is 15.4. The molecule has 1 aliphatic rings. The van der Waals surface area contributed by atoms with E-state index in [0.29, 0.717) is 26.3 Å². The Morgan fingerprint density at radius 2 is 1.78 bits per heavy atom. The average molecular weight is 488 g/mol. The van der Waals surface area contributed by atoms with Gasteiger partial charge in [0.2, 0.25) is 0 Å². The van der Waals surface area contributed by atoms with Gasteiger partial charge in [-0.1, -0.05) is 53.5 Å². The number of ether oxygens (including phenoxy) is 1. The van der Waals surface area contributed by atoms with Gasteiger partial charge < -0.3 is 4.74 Å². The van der Waals surface area contributed by atoms with E-state index in [0.717, 1.165) is 27.8 Å². The average Bonchev–Trinajstić information content (AvgIpc) is 3.02. The van der Waals surface area contributed by atoms with Crippen LogP contribution in [0.4, 0.5) is 9.18 Å². The number of imide groups is 1. The molecule has 162 valence electrons. The van der Waals surface area contributed by atoms with Crippen molar-refractivity contribution >= 4 is 52.2 Å². The van der Waals surface area contributed by atoms with Gasteiger partial charge in [-0.2, -0.15) is 0 Å². The Morgan fingerprint density at radius 1 is 1.00 bits per heavy atom. The van der Waals surface area contributed by atoms with Crippen molar-refractivity contribution in [3.63, 3.8) is 0 Å². The molecule has 0 bridgehead atoms. The monoisotopic (exact) mass is 487 g/mol. The van der Waals surface area contributed by atoms with Crippen LogP contribution in [0.2, 0.25) is 10.0 Å². The molecular weight excluding hydrogens is 472 g/mol. The molecule has 4 nitrogen and oxygen atoms in total.